The molecule has 0 aromatic rings. The topological polar surface area (TPSA) is 86.6 Å². The van der Waals surface area contributed by atoms with Crippen molar-refractivity contribution in [3.8, 4) is 0 Å². The van der Waals surface area contributed by atoms with Crippen LogP contribution >= 0.6 is 7.60 Å². The van der Waals surface area contributed by atoms with Crippen LogP contribution in [0.5, 0.6) is 0 Å². The monoisotopic (exact) mass is 319 g/mol. The van der Waals surface area contributed by atoms with E-state index in [1.807, 2.05) is 0 Å². The minimum Gasteiger partial charge on any atom is -0.353 e. The van der Waals surface area contributed by atoms with E-state index in [1.165, 1.54) is 19.3 Å². The van der Waals surface area contributed by atoms with Crippen LogP contribution in [-0.4, -0.2) is 27.9 Å². The zero-order valence-corrected chi connectivity index (χ0v) is 14.0. The number of nitrogens with one attached hydrogen (secondary N) is 1. The minimum atomic E-state index is -4.00. The number of rotatable bonds is 9. The van der Waals surface area contributed by atoms with Gasteiger partial charge in [0.05, 0.1) is 6.16 Å². The third-order valence-corrected chi connectivity index (χ3v) is 5.18. The van der Waals surface area contributed by atoms with Crippen molar-refractivity contribution in [2.45, 2.75) is 77.2 Å². The van der Waals surface area contributed by atoms with Gasteiger partial charge in [-0.25, -0.2) is 0 Å². The average Bonchev–Trinajstić information content (AvgIpc) is 2.39. The molecule has 0 saturated heterocycles. The molecule has 124 valence electrons. The summed E-state index contributed by atoms with van der Waals surface area (Å²) in [6.07, 6.45) is 9.66. The van der Waals surface area contributed by atoms with E-state index in [-0.39, 0.29) is 24.0 Å². The summed E-state index contributed by atoms with van der Waals surface area (Å²) >= 11 is 0. The fourth-order valence-electron chi connectivity index (χ4n) is 3.09. The van der Waals surface area contributed by atoms with Crippen LogP contribution in [0, 0.1) is 5.92 Å². The van der Waals surface area contributed by atoms with E-state index in [1.54, 1.807) is 0 Å². The van der Waals surface area contributed by atoms with Crippen molar-refractivity contribution >= 4 is 13.5 Å². The zero-order valence-electron chi connectivity index (χ0n) is 13.1. The van der Waals surface area contributed by atoms with Gasteiger partial charge in [-0.2, -0.15) is 0 Å². The molecule has 21 heavy (non-hydrogen) atoms. The molecule has 0 heterocycles. The second-order valence-electron chi connectivity index (χ2n) is 6.23. The minimum absolute atomic E-state index is 0.0362. The predicted octanol–water partition coefficient (Wildman–Crippen LogP) is 3.20. The summed E-state index contributed by atoms with van der Waals surface area (Å²) in [6, 6.07) is -0.0606. The normalized spacial score (nSPS) is 23.0. The van der Waals surface area contributed by atoms with E-state index in [0.29, 0.717) is 6.42 Å². The summed E-state index contributed by atoms with van der Waals surface area (Å²) < 4.78 is 11.2. The predicted molar refractivity (Wildman–Crippen MR) is 84.2 cm³/mol. The molecule has 1 saturated carbocycles. The first-order valence-electron chi connectivity index (χ1n) is 8.26. The maximum absolute atomic E-state index is 11.9. The maximum atomic E-state index is 11.9. The van der Waals surface area contributed by atoms with Gasteiger partial charge in [0, 0.05) is 12.5 Å². The van der Waals surface area contributed by atoms with Crippen LogP contribution < -0.4 is 5.32 Å². The van der Waals surface area contributed by atoms with Crippen LogP contribution in [0.1, 0.15) is 71.1 Å². The summed E-state index contributed by atoms with van der Waals surface area (Å²) in [4.78, 5) is 30.2. The van der Waals surface area contributed by atoms with Gasteiger partial charge in [-0.3, -0.25) is 9.36 Å². The third-order valence-electron chi connectivity index (χ3n) is 4.24. The maximum Gasteiger partial charge on any atom is 0.325 e. The summed E-state index contributed by atoms with van der Waals surface area (Å²) in [5, 5.41) is 3.00. The van der Waals surface area contributed by atoms with E-state index >= 15 is 0 Å². The number of carbonyl (C=O) groups is 1. The zero-order chi connectivity index (χ0) is 15.7. The lowest BCUT2D eigenvalue weighted by Gasteiger charge is -2.32. The molecule has 0 unspecified atom stereocenters. The molecule has 0 aromatic heterocycles. The highest BCUT2D eigenvalue weighted by atomic mass is 31.2. The Kier molecular flexibility index (Phi) is 8.53. The van der Waals surface area contributed by atoms with Crippen molar-refractivity contribution in [3.05, 3.63) is 0 Å². The Bertz CT molecular complexity index is 356. The summed E-state index contributed by atoms with van der Waals surface area (Å²) in [5.74, 6) is -0.0438. The number of hydrogen-bond donors (Lipinski definition) is 3. The Hall–Kier alpha value is -0.380. The summed E-state index contributed by atoms with van der Waals surface area (Å²) in [7, 11) is -4.00. The van der Waals surface area contributed by atoms with Gasteiger partial charge in [-0.05, 0) is 25.2 Å². The first-order chi connectivity index (χ1) is 9.92. The number of carbonyl (C=O) groups excluding carboxylic acids is 1. The molecule has 1 fully saturated rings. The lowest BCUT2D eigenvalue weighted by atomic mass is 9.85. The molecule has 1 aliphatic carbocycles. The Morgan fingerprint density at radius 1 is 1.14 bits per heavy atom. The summed E-state index contributed by atoms with van der Waals surface area (Å²) in [5.41, 5.74) is 0. The number of unbranched alkanes of at least 4 members (excludes halogenated alkanes) is 4. The molecule has 0 radical (unpaired) electrons. The van der Waals surface area contributed by atoms with Gasteiger partial charge >= 0.3 is 7.60 Å². The van der Waals surface area contributed by atoms with Gasteiger partial charge in [-0.15, -0.1) is 0 Å². The van der Waals surface area contributed by atoms with Crippen LogP contribution in [0.3, 0.4) is 0 Å². The quantitative estimate of drug-likeness (QED) is 0.450. The number of amides is 1. The van der Waals surface area contributed by atoms with Gasteiger partial charge in [0.15, 0.2) is 0 Å². The molecule has 6 heteroatoms. The highest BCUT2D eigenvalue weighted by molar-refractivity contribution is 7.51. The molecule has 3 N–H and O–H groups in total. The lowest BCUT2D eigenvalue weighted by Crippen LogP contribution is -2.43. The van der Waals surface area contributed by atoms with E-state index in [2.05, 4.69) is 12.2 Å². The van der Waals surface area contributed by atoms with Crippen LogP contribution in [-0.2, 0) is 9.36 Å². The van der Waals surface area contributed by atoms with Crippen molar-refractivity contribution in [1.82, 2.24) is 5.32 Å². The van der Waals surface area contributed by atoms with Crippen LogP contribution in [0.2, 0.25) is 0 Å². The summed E-state index contributed by atoms with van der Waals surface area (Å²) in [6.45, 7) is 2.16. The first-order valence-corrected chi connectivity index (χ1v) is 10.1. The van der Waals surface area contributed by atoms with E-state index in [0.717, 1.165) is 38.5 Å². The Labute approximate surface area is 128 Å². The number of hydrogen-bond acceptors (Lipinski definition) is 2. The fraction of sp³-hybridized carbons (Fsp3) is 0.933. The van der Waals surface area contributed by atoms with Crippen LogP contribution in [0.25, 0.3) is 0 Å². The Morgan fingerprint density at radius 2 is 1.81 bits per heavy atom. The highest BCUT2D eigenvalue weighted by Crippen LogP contribution is 2.41. The molecule has 1 aliphatic rings. The van der Waals surface area contributed by atoms with Gasteiger partial charge < -0.3 is 15.1 Å². The molecule has 5 nitrogen and oxygen atoms in total. The van der Waals surface area contributed by atoms with Crippen molar-refractivity contribution in [3.63, 3.8) is 0 Å². The van der Waals surface area contributed by atoms with E-state index in [9.17, 15) is 9.36 Å². The van der Waals surface area contributed by atoms with E-state index in [4.69, 9.17) is 9.79 Å². The van der Waals surface area contributed by atoms with Crippen molar-refractivity contribution in [2.75, 3.05) is 6.16 Å². The van der Waals surface area contributed by atoms with E-state index < -0.39 is 7.60 Å². The van der Waals surface area contributed by atoms with Crippen molar-refractivity contribution in [1.29, 1.82) is 0 Å². The molecule has 0 aromatic carbocycles. The highest BCUT2D eigenvalue weighted by Gasteiger charge is 2.31. The SMILES string of the molecule is CCCCCCCC(=O)N[C@@H]1CCCC[C@H]1CP(=O)(O)O. The molecule has 0 spiro atoms. The third kappa shape index (κ3) is 8.60. The second kappa shape index (κ2) is 9.60. The van der Waals surface area contributed by atoms with Crippen LogP contribution in [0.15, 0.2) is 0 Å². The smallest absolute Gasteiger partial charge is 0.325 e. The molecule has 0 aliphatic heterocycles. The van der Waals surface area contributed by atoms with Gasteiger partial charge in [-0.1, -0.05) is 45.4 Å². The molecular formula is C15H30NO4P. The van der Waals surface area contributed by atoms with Gasteiger partial charge in [0.1, 0.15) is 0 Å². The van der Waals surface area contributed by atoms with Crippen LogP contribution in [0.4, 0.5) is 0 Å². The Morgan fingerprint density at radius 3 is 2.48 bits per heavy atom. The average molecular weight is 319 g/mol. The lowest BCUT2D eigenvalue weighted by molar-refractivity contribution is -0.122. The molecule has 1 rings (SSSR count). The Balaban J connectivity index is 2.32. The van der Waals surface area contributed by atoms with Crippen molar-refractivity contribution < 1.29 is 19.1 Å². The molecule has 2 atom stereocenters. The second-order valence-corrected chi connectivity index (χ2v) is 7.92. The fourth-order valence-corrected chi connectivity index (χ4v) is 4.14. The molecule has 1 amide bonds. The van der Waals surface area contributed by atoms with Crippen molar-refractivity contribution in [2.24, 2.45) is 5.92 Å². The molecule has 0 bridgehead atoms. The largest absolute Gasteiger partial charge is 0.353 e. The van der Waals surface area contributed by atoms with Gasteiger partial charge in [0.2, 0.25) is 5.91 Å². The molecular weight excluding hydrogens is 289 g/mol. The standard InChI is InChI=1S/C15H30NO4P/c1-2-3-4-5-6-11-15(17)16-14-10-8-7-9-13(14)12-21(18,19)20/h13-14H,2-12H2,1H3,(H,16,17)(H2,18,19,20)/t13-,14+/m0/s1. The van der Waals surface area contributed by atoms with Gasteiger partial charge in [0.25, 0.3) is 0 Å². The first kappa shape index (κ1) is 18.7.